The summed E-state index contributed by atoms with van der Waals surface area (Å²) in [5.74, 6) is 0.237. The highest BCUT2D eigenvalue weighted by Gasteiger charge is 2.18. The van der Waals surface area contributed by atoms with E-state index >= 15 is 0 Å². The number of ether oxygens (including phenoxy) is 1. The molecule has 6 nitrogen and oxygen atoms in total. The molecule has 7 heteroatoms. The van der Waals surface area contributed by atoms with Gasteiger partial charge in [0.1, 0.15) is 0 Å². The lowest BCUT2D eigenvalue weighted by atomic mass is 9.99. The highest BCUT2D eigenvalue weighted by atomic mass is 32.2. The van der Waals surface area contributed by atoms with Crippen LogP contribution in [0.3, 0.4) is 0 Å². The number of rotatable bonds is 7. The van der Waals surface area contributed by atoms with E-state index in [9.17, 15) is 13.2 Å². The fourth-order valence-corrected chi connectivity index (χ4v) is 3.78. The average molecular weight is 354 g/mol. The first-order chi connectivity index (χ1) is 11.4. The molecule has 0 aliphatic carbocycles. The van der Waals surface area contributed by atoms with Crippen LogP contribution in [0.1, 0.15) is 37.0 Å². The third-order valence-corrected chi connectivity index (χ3v) is 5.71. The van der Waals surface area contributed by atoms with Crippen molar-refractivity contribution in [3.63, 3.8) is 0 Å². The summed E-state index contributed by atoms with van der Waals surface area (Å²) in [5, 5.41) is 0. The molecule has 1 heterocycles. The number of benzene rings is 1. The van der Waals surface area contributed by atoms with E-state index in [0.717, 1.165) is 31.8 Å². The Morgan fingerprint density at radius 3 is 2.71 bits per heavy atom. The van der Waals surface area contributed by atoms with Crippen molar-refractivity contribution < 1.29 is 17.9 Å². The number of hydrogen-bond acceptors (Lipinski definition) is 5. The molecule has 1 N–H and O–H groups in total. The second-order valence-electron chi connectivity index (χ2n) is 6.17. The number of likely N-dealkylation sites (tertiary alicyclic amines) is 1. The lowest BCUT2D eigenvalue weighted by molar-refractivity contribution is 0.0526. The molecule has 1 aliphatic rings. The zero-order valence-electron chi connectivity index (χ0n) is 14.3. The third-order valence-electron chi connectivity index (χ3n) is 4.25. The number of sulfonamides is 1. The van der Waals surface area contributed by atoms with Gasteiger partial charge in [0, 0.05) is 13.1 Å². The van der Waals surface area contributed by atoms with Crippen LogP contribution in [0.25, 0.3) is 0 Å². The minimum Gasteiger partial charge on any atom is -0.462 e. The van der Waals surface area contributed by atoms with Crippen molar-refractivity contribution in [2.24, 2.45) is 5.92 Å². The van der Waals surface area contributed by atoms with Crippen LogP contribution in [-0.2, 0) is 14.8 Å². The monoisotopic (exact) mass is 354 g/mol. The molecule has 0 aromatic heterocycles. The summed E-state index contributed by atoms with van der Waals surface area (Å²) in [4.78, 5) is 14.1. The van der Waals surface area contributed by atoms with Gasteiger partial charge in [0.05, 0.1) is 17.1 Å². The van der Waals surface area contributed by atoms with Crippen molar-refractivity contribution in [2.45, 2.75) is 31.6 Å². The standard InChI is InChI=1S/C17H26N2O4S/c1-3-23-17(20)15-5-4-6-16(13-15)24(21,22)18-9-12-19-10-7-14(2)8-11-19/h4-6,13-14,18H,3,7-12H2,1-2H3. The summed E-state index contributed by atoms with van der Waals surface area (Å²) in [5.41, 5.74) is 0.241. The van der Waals surface area contributed by atoms with E-state index in [4.69, 9.17) is 4.74 Å². The summed E-state index contributed by atoms with van der Waals surface area (Å²) < 4.78 is 32.3. The van der Waals surface area contributed by atoms with Gasteiger partial charge in [0.2, 0.25) is 10.0 Å². The molecule has 0 atom stereocenters. The molecule has 0 bridgehead atoms. The number of nitrogens with one attached hydrogen (secondary N) is 1. The number of hydrogen-bond donors (Lipinski definition) is 1. The molecule has 2 rings (SSSR count). The first-order valence-corrected chi connectivity index (χ1v) is 9.90. The fraction of sp³-hybridized carbons (Fsp3) is 0.588. The van der Waals surface area contributed by atoms with Gasteiger partial charge in [-0.05, 0) is 57.0 Å². The first kappa shape index (κ1) is 18.9. The smallest absolute Gasteiger partial charge is 0.338 e. The Bertz CT molecular complexity index is 652. The van der Waals surface area contributed by atoms with Crippen LogP contribution in [0.4, 0.5) is 0 Å². The van der Waals surface area contributed by atoms with Crippen LogP contribution in [0.5, 0.6) is 0 Å². The number of esters is 1. The Kier molecular flexibility index (Phi) is 6.77. The highest BCUT2D eigenvalue weighted by Crippen LogP contribution is 2.16. The van der Waals surface area contributed by atoms with Crippen LogP contribution < -0.4 is 4.72 Å². The largest absolute Gasteiger partial charge is 0.462 e. The van der Waals surface area contributed by atoms with E-state index in [-0.39, 0.29) is 17.1 Å². The van der Waals surface area contributed by atoms with E-state index in [0.29, 0.717) is 13.1 Å². The molecule has 1 aliphatic heterocycles. The van der Waals surface area contributed by atoms with Crippen LogP contribution in [-0.4, -0.2) is 52.1 Å². The molecular formula is C17H26N2O4S. The molecule has 0 radical (unpaired) electrons. The topological polar surface area (TPSA) is 75.7 Å². The number of carbonyl (C=O) groups excluding carboxylic acids is 1. The maximum atomic E-state index is 12.4. The molecule has 0 amide bonds. The molecule has 1 fully saturated rings. The Morgan fingerprint density at radius 1 is 1.33 bits per heavy atom. The summed E-state index contributed by atoms with van der Waals surface area (Å²) in [7, 11) is -3.63. The zero-order chi connectivity index (χ0) is 17.6. The van der Waals surface area contributed by atoms with Gasteiger partial charge in [-0.3, -0.25) is 0 Å². The fourth-order valence-electron chi connectivity index (χ4n) is 2.71. The van der Waals surface area contributed by atoms with Gasteiger partial charge in [0.15, 0.2) is 0 Å². The van der Waals surface area contributed by atoms with Crippen molar-refractivity contribution in [1.29, 1.82) is 0 Å². The predicted molar refractivity (Wildman–Crippen MR) is 92.4 cm³/mol. The maximum Gasteiger partial charge on any atom is 0.338 e. The summed E-state index contributed by atoms with van der Waals surface area (Å²) in [6, 6.07) is 5.93. The van der Waals surface area contributed by atoms with E-state index in [1.807, 2.05) is 0 Å². The summed E-state index contributed by atoms with van der Waals surface area (Å²) in [6.07, 6.45) is 2.32. The molecule has 1 saturated heterocycles. The Hall–Kier alpha value is -1.44. The van der Waals surface area contributed by atoms with Crippen molar-refractivity contribution in [3.8, 4) is 0 Å². The zero-order valence-corrected chi connectivity index (χ0v) is 15.1. The lowest BCUT2D eigenvalue weighted by Crippen LogP contribution is -2.39. The molecule has 24 heavy (non-hydrogen) atoms. The van der Waals surface area contributed by atoms with E-state index in [1.54, 1.807) is 19.1 Å². The Morgan fingerprint density at radius 2 is 2.04 bits per heavy atom. The second kappa shape index (κ2) is 8.60. The van der Waals surface area contributed by atoms with Crippen LogP contribution in [0, 0.1) is 5.92 Å². The van der Waals surface area contributed by atoms with Crippen molar-refractivity contribution in [2.75, 3.05) is 32.8 Å². The minimum absolute atomic E-state index is 0.0836. The van der Waals surface area contributed by atoms with Gasteiger partial charge in [-0.25, -0.2) is 17.9 Å². The Balaban J connectivity index is 1.92. The number of piperidine rings is 1. The van der Waals surface area contributed by atoms with Crippen LogP contribution in [0.15, 0.2) is 29.2 Å². The van der Waals surface area contributed by atoms with Gasteiger partial charge >= 0.3 is 5.97 Å². The Labute approximate surface area is 144 Å². The quantitative estimate of drug-likeness (QED) is 0.757. The van der Waals surface area contributed by atoms with Gasteiger partial charge in [-0.1, -0.05) is 13.0 Å². The van der Waals surface area contributed by atoms with E-state index < -0.39 is 16.0 Å². The molecule has 0 spiro atoms. The van der Waals surface area contributed by atoms with Crippen molar-refractivity contribution in [1.82, 2.24) is 9.62 Å². The molecular weight excluding hydrogens is 328 g/mol. The van der Waals surface area contributed by atoms with Gasteiger partial charge in [0.25, 0.3) is 0 Å². The average Bonchev–Trinajstić information content (AvgIpc) is 2.57. The first-order valence-electron chi connectivity index (χ1n) is 8.41. The van der Waals surface area contributed by atoms with E-state index in [2.05, 4.69) is 16.5 Å². The highest BCUT2D eigenvalue weighted by molar-refractivity contribution is 7.89. The summed E-state index contributed by atoms with van der Waals surface area (Å²) >= 11 is 0. The minimum atomic E-state index is -3.63. The predicted octanol–water partition coefficient (Wildman–Crippen LogP) is 1.87. The lowest BCUT2D eigenvalue weighted by Gasteiger charge is -2.30. The normalized spacial score (nSPS) is 16.9. The summed E-state index contributed by atoms with van der Waals surface area (Å²) in [6.45, 7) is 7.30. The molecule has 1 aromatic rings. The van der Waals surface area contributed by atoms with Crippen LogP contribution >= 0.6 is 0 Å². The van der Waals surface area contributed by atoms with E-state index in [1.165, 1.54) is 12.1 Å². The van der Waals surface area contributed by atoms with Crippen LogP contribution in [0.2, 0.25) is 0 Å². The number of carbonyl (C=O) groups is 1. The van der Waals surface area contributed by atoms with Gasteiger partial charge in [-0.15, -0.1) is 0 Å². The van der Waals surface area contributed by atoms with Gasteiger partial charge < -0.3 is 9.64 Å². The SMILES string of the molecule is CCOC(=O)c1cccc(S(=O)(=O)NCCN2CCC(C)CC2)c1. The number of nitrogens with zero attached hydrogens (tertiary/aromatic N) is 1. The maximum absolute atomic E-state index is 12.4. The second-order valence-corrected chi connectivity index (χ2v) is 7.94. The molecule has 134 valence electrons. The van der Waals surface area contributed by atoms with Crippen molar-refractivity contribution in [3.05, 3.63) is 29.8 Å². The molecule has 0 unspecified atom stereocenters. The molecule has 1 aromatic carbocycles. The van der Waals surface area contributed by atoms with Gasteiger partial charge in [-0.2, -0.15) is 0 Å². The molecule has 0 saturated carbocycles. The third kappa shape index (κ3) is 5.29. The van der Waals surface area contributed by atoms with Crippen molar-refractivity contribution >= 4 is 16.0 Å².